The maximum Gasteiger partial charge on any atom is 0.234 e. The molecule has 8 nitrogen and oxygen atoms in total. The third-order valence-corrected chi connectivity index (χ3v) is 6.11. The molecule has 3 aromatic rings. The first-order valence-corrected chi connectivity index (χ1v) is 11.5. The number of methoxy groups -OCH3 is 1. The van der Waals surface area contributed by atoms with Crippen molar-refractivity contribution in [1.82, 2.24) is 4.98 Å². The summed E-state index contributed by atoms with van der Waals surface area (Å²) in [5.41, 5.74) is 2.51. The number of thioether (sulfide) groups is 1. The van der Waals surface area contributed by atoms with Gasteiger partial charge in [-0.25, -0.2) is 4.98 Å². The van der Waals surface area contributed by atoms with Crippen molar-refractivity contribution in [3.63, 3.8) is 0 Å². The van der Waals surface area contributed by atoms with Gasteiger partial charge in [0, 0.05) is 29.4 Å². The Labute approximate surface area is 193 Å². The van der Waals surface area contributed by atoms with Crippen LogP contribution in [0, 0.1) is 0 Å². The number of thiazole rings is 1. The van der Waals surface area contributed by atoms with Gasteiger partial charge in [-0.15, -0.1) is 11.3 Å². The van der Waals surface area contributed by atoms with Crippen LogP contribution in [0.4, 0.5) is 17.1 Å². The minimum Gasteiger partial charge on any atom is -0.497 e. The van der Waals surface area contributed by atoms with Gasteiger partial charge in [0.1, 0.15) is 5.75 Å². The van der Waals surface area contributed by atoms with E-state index >= 15 is 0 Å². The molecule has 0 aliphatic heterocycles. The second kappa shape index (κ2) is 11.3. The maximum absolute atomic E-state index is 12.3. The molecule has 0 bridgehead atoms. The van der Waals surface area contributed by atoms with Gasteiger partial charge in [0.15, 0.2) is 4.34 Å². The van der Waals surface area contributed by atoms with Gasteiger partial charge >= 0.3 is 0 Å². The number of amides is 3. The quantitative estimate of drug-likeness (QED) is 0.408. The van der Waals surface area contributed by atoms with Gasteiger partial charge in [-0.2, -0.15) is 0 Å². The van der Waals surface area contributed by atoms with Crippen molar-refractivity contribution in [2.24, 2.45) is 0 Å². The van der Waals surface area contributed by atoms with Gasteiger partial charge in [-0.1, -0.05) is 17.8 Å². The Morgan fingerprint density at radius 3 is 2.34 bits per heavy atom. The standard InChI is InChI=1S/C22H22N4O4S2/c1-14(27)23-16-4-3-5-17(10-16)25-20(28)11-18-12-31-22(26-18)32-13-21(29)24-15-6-8-19(30-2)9-7-15/h3-10,12H,11,13H2,1-2H3,(H,23,27)(H,24,29)(H,25,28). The summed E-state index contributed by atoms with van der Waals surface area (Å²) in [6.45, 7) is 1.42. The molecule has 1 heterocycles. The summed E-state index contributed by atoms with van der Waals surface area (Å²) < 4.78 is 5.81. The molecule has 0 fully saturated rings. The van der Waals surface area contributed by atoms with E-state index in [1.54, 1.807) is 61.0 Å². The molecule has 0 aliphatic carbocycles. The lowest BCUT2D eigenvalue weighted by Crippen LogP contribution is -2.15. The summed E-state index contributed by atoms with van der Waals surface area (Å²) in [6.07, 6.45) is 0.111. The van der Waals surface area contributed by atoms with Gasteiger partial charge < -0.3 is 20.7 Å². The van der Waals surface area contributed by atoms with E-state index in [0.29, 0.717) is 27.1 Å². The van der Waals surface area contributed by atoms with Gasteiger partial charge in [0.05, 0.1) is 25.0 Å². The Hall–Kier alpha value is -3.37. The monoisotopic (exact) mass is 470 g/mol. The molecule has 0 spiro atoms. The van der Waals surface area contributed by atoms with E-state index in [1.165, 1.54) is 30.0 Å². The minimum absolute atomic E-state index is 0.111. The minimum atomic E-state index is -0.218. The van der Waals surface area contributed by atoms with Crippen LogP contribution in [0.5, 0.6) is 5.75 Å². The second-order valence-corrected chi connectivity index (χ2v) is 8.74. The number of ether oxygens (including phenoxy) is 1. The van der Waals surface area contributed by atoms with Crippen molar-refractivity contribution in [2.45, 2.75) is 17.7 Å². The number of nitrogens with one attached hydrogen (secondary N) is 3. The van der Waals surface area contributed by atoms with Crippen LogP contribution in [0.2, 0.25) is 0 Å². The maximum atomic E-state index is 12.3. The molecular formula is C22H22N4O4S2. The summed E-state index contributed by atoms with van der Waals surface area (Å²) in [7, 11) is 1.59. The first kappa shape index (κ1) is 23.3. The van der Waals surface area contributed by atoms with E-state index in [-0.39, 0.29) is 29.9 Å². The van der Waals surface area contributed by atoms with Crippen molar-refractivity contribution < 1.29 is 19.1 Å². The van der Waals surface area contributed by atoms with Crippen LogP contribution in [-0.2, 0) is 20.8 Å². The summed E-state index contributed by atoms with van der Waals surface area (Å²) >= 11 is 2.70. The fraction of sp³-hybridized carbons (Fsp3) is 0.182. The highest BCUT2D eigenvalue weighted by atomic mass is 32.2. The van der Waals surface area contributed by atoms with Crippen LogP contribution < -0.4 is 20.7 Å². The summed E-state index contributed by atoms with van der Waals surface area (Å²) in [6, 6.07) is 14.0. The molecule has 0 unspecified atom stereocenters. The number of benzene rings is 2. The lowest BCUT2D eigenvalue weighted by Gasteiger charge is -2.07. The molecule has 0 saturated heterocycles. The van der Waals surface area contributed by atoms with Crippen molar-refractivity contribution in [2.75, 3.05) is 28.8 Å². The highest BCUT2D eigenvalue weighted by molar-refractivity contribution is 8.01. The van der Waals surface area contributed by atoms with E-state index in [4.69, 9.17) is 4.74 Å². The molecule has 1 aromatic heterocycles. The number of rotatable bonds is 9. The zero-order valence-electron chi connectivity index (χ0n) is 17.5. The number of aromatic nitrogens is 1. The van der Waals surface area contributed by atoms with Crippen LogP contribution in [0.25, 0.3) is 0 Å². The second-order valence-electron chi connectivity index (χ2n) is 6.66. The number of hydrogen-bond donors (Lipinski definition) is 3. The van der Waals surface area contributed by atoms with Crippen LogP contribution >= 0.6 is 23.1 Å². The molecule has 166 valence electrons. The number of carbonyl (C=O) groups excluding carboxylic acids is 3. The van der Waals surface area contributed by atoms with Crippen molar-refractivity contribution in [3.05, 3.63) is 59.6 Å². The predicted molar refractivity (Wildman–Crippen MR) is 128 cm³/mol. The average molecular weight is 471 g/mol. The summed E-state index contributed by atoms with van der Waals surface area (Å²) in [5, 5.41) is 10.1. The average Bonchev–Trinajstić information content (AvgIpc) is 3.19. The third kappa shape index (κ3) is 7.40. The van der Waals surface area contributed by atoms with Gasteiger partial charge in [-0.05, 0) is 42.5 Å². The lowest BCUT2D eigenvalue weighted by atomic mass is 10.2. The molecular weight excluding hydrogens is 448 g/mol. The highest BCUT2D eigenvalue weighted by Gasteiger charge is 2.11. The molecule has 0 aliphatic rings. The fourth-order valence-corrected chi connectivity index (χ4v) is 4.33. The Bertz CT molecular complexity index is 1100. The molecule has 0 radical (unpaired) electrons. The van der Waals surface area contributed by atoms with Crippen molar-refractivity contribution in [1.29, 1.82) is 0 Å². The van der Waals surface area contributed by atoms with Crippen molar-refractivity contribution in [3.8, 4) is 5.75 Å². The van der Waals surface area contributed by atoms with Crippen LogP contribution in [0.1, 0.15) is 12.6 Å². The van der Waals surface area contributed by atoms with Gasteiger partial charge in [0.25, 0.3) is 0 Å². The number of hydrogen-bond acceptors (Lipinski definition) is 7. The Morgan fingerprint density at radius 1 is 0.969 bits per heavy atom. The predicted octanol–water partition coefficient (Wildman–Crippen LogP) is 4.02. The Morgan fingerprint density at radius 2 is 1.66 bits per heavy atom. The highest BCUT2D eigenvalue weighted by Crippen LogP contribution is 2.24. The zero-order valence-corrected chi connectivity index (χ0v) is 19.1. The smallest absolute Gasteiger partial charge is 0.234 e. The Balaban J connectivity index is 1.46. The summed E-state index contributed by atoms with van der Waals surface area (Å²) in [4.78, 5) is 40.1. The van der Waals surface area contributed by atoms with Crippen LogP contribution in [-0.4, -0.2) is 35.6 Å². The third-order valence-electron chi connectivity index (χ3n) is 4.04. The fourth-order valence-electron chi connectivity index (χ4n) is 2.68. The normalized spacial score (nSPS) is 10.3. The molecule has 2 aromatic carbocycles. The first-order chi connectivity index (χ1) is 15.4. The van der Waals surface area contributed by atoms with E-state index in [0.717, 1.165) is 5.75 Å². The van der Waals surface area contributed by atoms with E-state index in [9.17, 15) is 14.4 Å². The zero-order chi connectivity index (χ0) is 22.9. The SMILES string of the molecule is COc1ccc(NC(=O)CSc2nc(CC(=O)Nc3cccc(NC(C)=O)c3)cs2)cc1. The molecule has 10 heteroatoms. The summed E-state index contributed by atoms with van der Waals surface area (Å²) in [5.74, 6) is 0.384. The van der Waals surface area contributed by atoms with Crippen LogP contribution in [0.3, 0.4) is 0 Å². The van der Waals surface area contributed by atoms with E-state index in [2.05, 4.69) is 20.9 Å². The molecule has 0 saturated carbocycles. The van der Waals surface area contributed by atoms with E-state index < -0.39 is 0 Å². The molecule has 3 rings (SSSR count). The molecule has 3 amide bonds. The van der Waals surface area contributed by atoms with Crippen molar-refractivity contribution >= 4 is 57.9 Å². The van der Waals surface area contributed by atoms with Crippen LogP contribution in [0.15, 0.2) is 58.3 Å². The lowest BCUT2D eigenvalue weighted by molar-refractivity contribution is -0.116. The van der Waals surface area contributed by atoms with Gasteiger partial charge in [-0.3, -0.25) is 14.4 Å². The largest absolute Gasteiger partial charge is 0.497 e. The van der Waals surface area contributed by atoms with E-state index in [1.807, 2.05) is 0 Å². The Kier molecular flexibility index (Phi) is 8.23. The molecule has 32 heavy (non-hydrogen) atoms. The molecule has 3 N–H and O–H groups in total. The van der Waals surface area contributed by atoms with Gasteiger partial charge in [0.2, 0.25) is 17.7 Å². The number of nitrogens with zero attached hydrogens (tertiary/aromatic N) is 1. The first-order valence-electron chi connectivity index (χ1n) is 9.60. The number of carbonyl (C=O) groups is 3. The number of anilines is 3. The molecule has 0 atom stereocenters. The topological polar surface area (TPSA) is 109 Å².